The summed E-state index contributed by atoms with van der Waals surface area (Å²) in [6.07, 6.45) is 0. The molecule has 0 saturated carbocycles. The number of hydrogen-bond acceptors (Lipinski definition) is 3. The Bertz CT molecular complexity index is 3500. The predicted molar refractivity (Wildman–Crippen MR) is 262 cm³/mol. The molecule has 0 spiro atoms. The summed E-state index contributed by atoms with van der Waals surface area (Å²) in [5.41, 5.74) is 12.7. The molecule has 10 aromatic carbocycles. The van der Waals surface area contributed by atoms with Crippen molar-refractivity contribution in [1.82, 2.24) is 19.5 Å². The van der Waals surface area contributed by atoms with E-state index in [1.807, 2.05) is 36.4 Å². The van der Waals surface area contributed by atoms with Crippen molar-refractivity contribution < 1.29 is 0 Å². The minimum absolute atomic E-state index is 0.604. The van der Waals surface area contributed by atoms with Gasteiger partial charge >= 0.3 is 0 Å². The van der Waals surface area contributed by atoms with Gasteiger partial charge in [-0.1, -0.05) is 188 Å². The molecule has 0 atom stereocenters. The van der Waals surface area contributed by atoms with Crippen LogP contribution in [0.15, 0.2) is 231 Å². The van der Waals surface area contributed by atoms with Crippen molar-refractivity contribution in [2.75, 3.05) is 0 Å². The first-order valence-electron chi connectivity index (χ1n) is 21.3. The Hall–Kier alpha value is -8.47. The Labute approximate surface area is 365 Å². The molecule has 4 heteroatoms. The SMILES string of the molecule is c1ccc(-c2cccc(-c3cc(-c4nc(-c5ccccc5)nc(-c5ccccc5)n4)c(-c4ccccc4)cc3-n3c4cc5ccccc5cc4c4cc5ccccc5cc43)c2)cc1. The van der Waals surface area contributed by atoms with E-state index in [4.69, 9.17) is 15.0 Å². The van der Waals surface area contributed by atoms with Gasteiger partial charge in [-0.05, 0) is 91.8 Å². The van der Waals surface area contributed by atoms with Crippen molar-refractivity contribution in [3.8, 4) is 73.2 Å². The van der Waals surface area contributed by atoms with E-state index in [0.717, 1.165) is 66.8 Å². The monoisotopic (exact) mass is 802 g/mol. The van der Waals surface area contributed by atoms with E-state index >= 15 is 0 Å². The smallest absolute Gasteiger partial charge is 0.164 e. The molecule has 2 heterocycles. The molecule has 0 fully saturated rings. The Balaban J connectivity index is 1.23. The molecule has 4 nitrogen and oxygen atoms in total. The van der Waals surface area contributed by atoms with Crippen LogP contribution in [0, 0.1) is 0 Å². The average molecular weight is 803 g/mol. The van der Waals surface area contributed by atoms with Crippen molar-refractivity contribution in [1.29, 1.82) is 0 Å². The van der Waals surface area contributed by atoms with E-state index in [1.165, 1.54) is 32.3 Å². The van der Waals surface area contributed by atoms with Gasteiger partial charge in [-0.2, -0.15) is 0 Å². The first kappa shape index (κ1) is 36.4. The van der Waals surface area contributed by atoms with Crippen LogP contribution in [0.2, 0.25) is 0 Å². The minimum atomic E-state index is 0.604. The fraction of sp³-hybridized carbons (Fsp3) is 0. The van der Waals surface area contributed by atoms with E-state index in [2.05, 4.69) is 199 Å². The summed E-state index contributed by atoms with van der Waals surface area (Å²) in [5.74, 6) is 1.85. The molecule has 0 saturated heterocycles. The van der Waals surface area contributed by atoms with Crippen molar-refractivity contribution in [2.45, 2.75) is 0 Å². The Morgan fingerprint density at radius 3 is 1.19 bits per heavy atom. The second-order valence-electron chi connectivity index (χ2n) is 16.0. The molecule has 12 aromatic rings. The lowest BCUT2D eigenvalue weighted by Crippen LogP contribution is -2.04. The topological polar surface area (TPSA) is 43.6 Å². The molecule has 0 amide bonds. The summed E-state index contributed by atoms with van der Waals surface area (Å²) < 4.78 is 2.49. The fourth-order valence-electron chi connectivity index (χ4n) is 9.12. The minimum Gasteiger partial charge on any atom is -0.309 e. The second kappa shape index (κ2) is 15.2. The van der Waals surface area contributed by atoms with E-state index < -0.39 is 0 Å². The lowest BCUT2D eigenvalue weighted by atomic mass is 9.91. The zero-order chi connectivity index (χ0) is 41.7. The van der Waals surface area contributed by atoms with E-state index in [-0.39, 0.29) is 0 Å². The summed E-state index contributed by atoms with van der Waals surface area (Å²) in [4.78, 5) is 15.7. The van der Waals surface area contributed by atoms with Gasteiger partial charge in [-0.15, -0.1) is 0 Å². The Morgan fingerprint density at radius 1 is 0.254 bits per heavy atom. The highest BCUT2D eigenvalue weighted by Crippen LogP contribution is 2.44. The van der Waals surface area contributed by atoms with Gasteiger partial charge in [0, 0.05) is 33.0 Å². The van der Waals surface area contributed by atoms with Crippen LogP contribution in [0.25, 0.3) is 117 Å². The van der Waals surface area contributed by atoms with Crippen molar-refractivity contribution >= 4 is 43.4 Å². The molecule has 0 aliphatic rings. The molecular weight excluding hydrogens is 765 g/mol. The van der Waals surface area contributed by atoms with E-state index in [0.29, 0.717) is 17.5 Å². The van der Waals surface area contributed by atoms with Gasteiger partial charge in [0.05, 0.1) is 16.7 Å². The molecule has 2 aromatic heterocycles. The highest BCUT2D eigenvalue weighted by Gasteiger charge is 2.23. The summed E-state index contributed by atoms with van der Waals surface area (Å²) in [6, 6.07) is 82.1. The zero-order valence-electron chi connectivity index (χ0n) is 34.2. The van der Waals surface area contributed by atoms with Gasteiger partial charge in [0.2, 0.25) is 0 Å². The van der Waals surface area contributed by atoms with Crippen LogP contribution in [0.1, 0.15) is 0 Å². The molecule has 0 unspecified atom stereocenters. The van der Waals surface area contributed by atoms with Crippen molar-refractivity contribution in [2.24, 2.45) is 0 Å². The molecule has 0 aliphatic heterocycles. The maximum Gasteiger partial charge on any atom is 0.164 e. The highest BCUT2D eigenvalue weighted by molar-refractivity contribution is 6.17. The summed E-state index contributed by atoms with van der Waals surface area (Å²) in [5, 5.41) is 7.23. The maximum absolute atomic E-state index is 5.32. The van der Waals surface area contributed by atoms with Crippen LogP contribution < -0.4 is 0 Å². The molecule has 294 valence electrons. The molecule has 0 radical (unpaired) electrons. The maximum atomic E-state index is 5.32. The highest BCUT2D eigenvalue weighted by atomic mass is 15.0. The standard InChI is InChI=1S/C59H38N4/c1-5-18-39(19-6-1)43-30-17-31-48(32-43)50-37-53(59-61-57(41-22-9-3-10-23-41)60-58(62-59)42-24-11-4-12-25-42)49(40-20-7-2-8-21-40)38-56(50)63-54-35-46-28-15-13-26-44(46)33-51(54)52-34-45-27-14-16-29-47(45)36-55(52)63/h1-38H. The average Bonchev–Trinajstić information content (AvgIpc) is 3.66. The van der Waals surface area contributed by atoms with Gasteiger partial charge in [0.25, 0.3) is 0 Å². The molecular formula is C59H38N4. The number of benzene rings is 10. The zero-order valence-corrected chi connectivity index (χ0v) is 34.2. The third-order valence-corrected chi connectivity index (χ3v) is 12.2. The number of hydrogen-bond donors (Lipinski definition) is 0. The number of aromatic nitrogens is 4. The second-order valence-corrected chi connectivity index (χ2v) is 16.0. The number of fused-ring (bicyclic) bond motifs is 5. The first-order valence-corrected chi connectivity index (χ1v) is 21.3. The largest absolute Gasteiger partial charge is 0.309 e. The van der Waals surface area contributed by atoms with Gasteiger partial charge < -0.3 is 4.57 Å². The van der Waals surface area contributed by atoms with Crippen molar-refractivity contribution in [3.63, 3.8) is 0 Å². The molecule has 0 N–H and O–H groups in total. The number of nitrogens with zero attached hydrogens (tertiary/aromatic N) is 4. The van der Waals surface area contributed by atoms with E-state index in [1.54, 1.807) is 0 Å². The van der Waals surface area contributed by atoms with Crippen LogP contribution in [-0.2, 0) is 0 Å². The summed E-state index contributed by atoms with van der Waals surface area (Å²) in [6.45, 7) is 0. The van der Waals surface area contributed by atoms with Gasteiger partial charge in [-0.3, -0.25) is 0 Å². The van der Waals surface area contributed by atoms with Crippen molar-refractivity contribution in [3.05, 3.63) is 231 Å². The van der Waals surface area contributed by atoms with Crippen LogP contribution in [0.5, 0.6) is 0 Å². The first-order chi connectivity index (χ1) is 31.2. The van der Waals surface area contributed by atoms with Crippen LogP contribution >= 0.6 is 0 Å². The molecule has 0 aliphatic carbocycles. The third-order valence-electron chi connectivity index (χ3n) is 12.2. The fourth-order valence-corrected chi connectivity index (χ4v) is 9.12. The van der Waals surface area contributed by atoms with Crippen LogP contribution in [0.4, 0.5) is 0 Å². The Morgan fingerprint density at radius 2 is 0.667 bits per heavy atom. The van der Waals surface area contributed by atoms with Gasteiger partial charge in [0.1, 0.15) is 0 Å². The number of rotatable bonds is 7. The van der Waals surface area contributed by atoms with Gasteiger partial charge in [-0.25, -0.2) is 15.0 Å². The Kier molecular flexibility index (Phi) is 8.79. The van der Waals surface area contributed by atoms with E-state index in [9.17, 15) is 0 Å². The normalized spacial score (nSPS) is 11.5. The molecule has 63 heavy (non-hydrogen) atoms. The molecule has 0 bridgehead atoms. The van der Waals surface area contributed by atoms with Gasteiger partial charge in [0.15, 0.2) is 17.5 Å². The summed E-state index contributed by atoms with van der Waals surface area (Å²) >= 11 is 0. The molecule has 12 rings (SSSR count). The quantitative estimate of drug-likeness (QED) is 0.161. The lowest BCUT2D eigenvalue weighted by molar-refractivity contribution is 1.07. The summed E-state index contributed by atoms with van der Waals surface area (Å²) in [7, 11) is 0. The lowest BCUT2D eigenvalue weighted by Gasteiger charge is -2.20. The van der Waals surface area contributed by atoms with Crippen LogP contribution in [-0.4, -0.2) is 19.5 Å². The predicted octanol–water partition coefficient (Wildman–Crippen LogP) is 15.3. The third kappa shape index (κ3) is 6.53. The van der Waals surface area contributed by atoms with Crippen LogP contribution in [0.3, 0.4) is 0 Å².